The topological polar surface area (TPSA) is 47.3 Å². The first-order valence-corrected chi connectivity index (χ1v) is 6.09. The summed E-state index contributed by atoms with van der Waals surface area (Å²) in [6, 6.07) is 4.23. The predicted molar refractivity (Wildman–Crippen MR) is 66.5 cm³/mol. The first kappa shape index (κ1) is 12.2. The lowest BCUT2D eigenvalue weighted by Crippen LogP contribution is -2.38. The fourth-order valence-corrected chi connectivity index (χ4v) is 2.19. The van der Waals surface area contributed by atoms with Crippen molar-refractivity contribution in [3.63, 3.8) is 0 Å². The lowest BCUT2D eigenvalue weighted by molar-refractivity contribution is 0.132. The van der Waals surface area contributed by atoms with Gasteiger partial charge in [0.25, 0.3) is 0 Å². The average Bonchev–Trinajstić information content (AvgIpc) is 2.35. The van der Waals surface area contributed by atoms with E-state index in [0.29, 0.717) is 17.4 Å². The minimum absolute atomic E-state index is 0.0481. The fraction of sp³-hybridized carbons (Fsp3) is 0.538. The van der Waals surface area contributed by atoms with Gasteiger partial charge in [0.2, 0.25) is 0 Å². The van der Waals surface area contributed by atoms with Gasteiger partial charge >= 0.3 is 0 Å². The molecule has 1 heterocycles. The molecular weight excluding hydrogens is 219 g/mol. The highest BCUT2D eigenvalue weighted by atomic mass is 19.1. The summed E-state index contributed by atoms with van der Waals surface area (Å²) in [5.41, 5.74) is 6.25. The van der Waals surface area contributed by atoms with Crippen LogP contribution in [0, 0.1) is 11.7 Å². The second-order valence-corrected chi connectivity index (χ2v) is 4.61. The molecule has 0 spiro atoms. The lowest BCUT2D eigenvalue weighted by atomic mass is 9.94. The van der Waals surface area contributed by atoms with E-state index in [9.17, 15) is 4.39 Å². The molecule has 3 nitrogen and oxygen atoms in total. The number of nitrogens with one attached hydrogen (secondary N) is 1. The molecule has 2 unspecified atom stereocenters. The Morgan fingerprint density at radius 2 is 2.35 bits per heavy atom. The van der Waals surface area contributed by atoms with Crippen molar-refractivity contribution >= 4 is 5.69 Å². The third-order valence-corrected chi connectivity index (χ3v) is 3.29. The van der Waals surface area contributed by atoms with Gasteiger partial charge in [-0.15, -0.1) is 0 Å². The van der Waals surface area contributed by atoms with Crippen molar-refractivity contribution in [3.8, 4) is 5.75 Å². The van der Waals surface area contributed by atoms with E-state index in [2.05, 4.69) is 5.32 Å². The molecule has 2 atom stereocenters. The second kappa shape index (κ2) is 5.36. The van der Waals surface area contributed by atoms with E-state index in [1.165, 1.54) is 18.2 Å². The largest absolute Gasteiger partial charge is 0.488 e. The van der Waals surface area contributed by atoms with Gasteiger partial charge in [-0.3, -0.25) is 0 Å². The Labute approximate surface area is 101 Å². The third kappa shape index (κ3) is 3.09. The van der Waals surface area contributed by atoms with E-state index in [1.807, 2.05) is 6.92 Å². The molecule has 0 saturated carbocycles. The van der Waals surface area contributed by atoms with Gasteiger partial charge in [0.05, 0.1) is 5.69 Å². The Morgan fingerprint density at radius 1 is 1.53 bits per heavy atom. The molecule has 1 aromatic rings. The normalized spacial score (nSPS) is 22.1. The standard InChI is InChI=1S/C13H19FN2O/c1-9(10-3-2-6-16-8-10)17-13-7-11(14)4-5-12(13)15/h4-5,7,9-10,16H,2-3,6,8,15H2,1H3. The molecule has 0 aliphatic carbocycles. The molecule has 1 aromatic carbocycles. The Kier molecular flexibility index (Phi) is 3.84. The molecule has 0 radical (unpaired) electrons. The summed E-state index contributed by atoms with van der Waals surface area (Å²) in [6.07, 6.45) is 2.35. The average molecular weight is 238 g/mol. The zero-order valence-electron chi connectivity index (χ0n) is 10.1. The van der Waals surface area contributed by atoms with Crippen LogP contribution in [-0.4, -0.2) is 19.2 Å². The van der Waals surface area contributed by atoms with E-state index >= 15 is 0 Å². The summed E-state index contributed by atoms with van der Waals surface area (Å²) in [5.74, 6) is 0.595. The number of piperidine rings is 1. The second-order valence-electron chi connectivity index (χ2n) is 4.61. The van der Waals surface area contributed by atoms with Crippen LogP contribution in [0.2, 0.25) is 0 Å². The maximum absolute atomic E-state index is 13.1. The molecule has 1 saturated heterocycles. The number of halogens is 1. The number of hydrogen-bond acceptors (Lipinski definition) is 3. The number of rotatable bonds is 3. The predicted octanol–water partition coefficient (Wildman–Crippen LogP) is 2.17. The molecule has 1 aliphatic heterocycles. The molecule has 0 amide bonds. The summed E-state index contributed by atoms with van der Waals surface area (Å²) in [6.45, 7) is 4.05. The zero-order chi connectivity index (χ0) is 12.3. The van der Waals surface area contributed by atoms with Crippen molar-refractivity contribution in [3.05, 3.63) is 24.0 Å². The molecule has 1 fully saturated rings. The minimum Gasteiger partial charge on any atom is -0.488 e. The smallest absolute Gasteiger partial charge is 0.145 e. The zero-order valence-corrected chi connectivity index (χ0v) is 10.1. The molecule has 17 heavy (non-hydrogen) atoms. The highest BCUT2D eigenvalue weighted by molar-refractivity contribution is 5.52. The summed E-state index contributed by atoms with van der Waals surface area (Å²) in [7, 11) is 0. The van der Waals surface area contributed by atoms with Crippen molar-refractivity contribution < 1.29 is 9.13 Å². The number of benzene rings is 1. The first-order chi connectivity index (χ1) is 8.16. The van der Waals surface area contributed by atoms with E-state index in [1.54, 1.807) is 0 Å². The van der Waals surface area contributed by atoms with E-state index in [-0.39, 0.29) is 11.9 Å². The van der Waals surface area contributed by atoms with Gasteiger partial charge in [-0.2, -0.15) is 0 Å². The lowest BCUT2D eigenvalue weighted by Gasteiger charge is -2.29. The number of anilines is 1. The van der Waals surface area contributed by atoms with Crippen molar-refractivity contribution in [2.45, 2.75) is 25.9 Å². The Morgan fingerprint density at radius 3 is 3.06 bits per heavy atom. The van der Waals surface area contributed by atoms with Crippen molar-refractivity contribution in [1.29, 1.82) is 0 Å². The minimum atomic E-state index is -0.317. The van der Waals surface area contributed by atoms with Gasteiger partial charge in [0.15, 0.2) is 0 Å². The van der Waals surface area contributed by atoms with E-state index in [0.717, 1.165) is 25.9 Å². The van der Waals surface area contributed by atoms with E-state index in [4.69, 9.17) is 10.5 Å². The summed E-state index contributed by atoms with van der Waals surface area (Å²) in [5, 5.41) is 3.34. The summed E-state index contributed by atoms with van der Waals surface area (Å²) >= 11 is 0. The van der Waals surface area contributed by atoms with Crippen LogP contribution in [0.3, 0.4) is 0 Å². The fourth-order valence-electron chi connectivity index (χ4n) is 2.19. The molecule has 4 heteroatoms. The van der Waals surface area contributed by atoms with Crippen LogP contribution in [0.15, 0.2) is 18.2 Å². The van der Waals surface area contributed by atoms with Crippen molar-refractivity contribution in [2.75, 3.05) is 18.8 Å². The number of ether oxygens (including phenoxy) is 1. The van der Waals surface area contributed by atoms with Crippen LogP contribution in [0.4, 0.5) is 10.1 Å². The van der Waals surface area contributed by atoms with Gasteiger partial charge < -0.3 is 15.8 Å². The molecule has 1 aliphatic rings. The molecule has 2 rings (SSSR count). The monoisotopic (exact) mass is 238 g/mol. The highest BCUT2D eigenvalue weighted by Gasteiger charge is 2.21. The molecular formula is C13H19FN2O. The molecule has 0 aromatic heterocycles. The van der Waals surface area contributed by atoms with Crippen LogP contribution in [0.1, 0.15) is 19.8 Å². The van der Waals surface area contributed by atoms with Gasteiger partial charge in [0, 0.05) is 18.5 Å². The van der Waals surface area contributed by atoms with Crippen LogP contribution in [-0.2, 0) is 0 Å². The van der Waals surface area contributed by atoms with Crippen LogP contribution in [0.25, 0.3) is 0 Å². The Balaban J connectivity index is 2.01. The number of nitrogens with two attached hydrogens (primary N) is 1. The Hall–Kier alpha value is -1.29. The quantitative estimate of drug-likeness (QED) is 0.793. The molecule has 94 valence electrons. The maximum atomic E-state index is 13.1. The SMILES string of the molecule is CC(Oc1cc(F)ccc1N)C1CCCNC1. The third-order valence-electron chi connectivity index (χ3n) is 3.29. The van der Waals surface area contributed by atoms with Gasteiger partial charge in [-0.05, 0) is 38.4 Å². The van der Waals surface area contributed by atoms with Gasteiger partial charge in [0.1, 0.15) is 17.7 Å². The van der Waals surface area contributed by atoms with Gasteiger partial charge in [-0.1, -0.05) is 0 Å². The number of nitrogen functional groups attached to an aromatic ring is 1. The van der Waals surface area contributed by atoms with Gasteiger partial charge in [-0.25, -0.2) is 4.39 Å². The van der Waals surface area contributed by atoms with Crippen molar-refractivity contribution in [2.24, 2.45) is 5.92 Å². The van der Waals surface area contributed by atoms with Crippen LogP contribution < -0.4 is 15.8 Å². The van der Waals surface area contributed by atoms with Crippen LogP contribution in [0.5, 0.6) is 5.75 Å². The summed E-state index contributed by atoms with van der Waals surface area (Å²) < 4.78 is 18.9. The number of hydrogen-bond donors (Lipinski definition) is 2. The first-order valence-electron chi connectivity index (χ1n) is 6.09. The Bertz CT molecular complexity index is 378. The van der Waals surface area contributed by atoms with Crippen molar-refractivity contribution in [1.82, 2.24) is 5.32 Å². The maximum Gasteiger partial charge on any atom is 0.145 e. The summed E-state index contributed by atoms with van der Waals surface area (Å²) in [4.78, 5) is 0. The highest BCUT2D eigenvalue weighted by Crippen LogP contribution is 2.26. The molecule has 3 N–H and O–H groups in total. The van der Waals surface area contributed by atoms with E-state index < -0.39 is 0 Å². The molecule has 0 bridgehead atoms. The van der Waals surface area contributed by atoms with Crippen LogP contribution >= 0.6 is 0 Å².